The van der Waals surface area contributed by atoms with E-state index in [1.807, 2.05) is 0 Å². The fourth-order valence-corrected chi connectivity index (χ4v) is 4.37. The number of fused-ring (bicyclic) bond motifs is 2. The van der Waals surface area contributed by atoms with Crippen LogP contribution in [0.3, 0.4) is 0 Å². The molecule has 2 bridgehead atoms. The third-order valence-electron chi connectivity index (χ3n) is 5.63. The Morgan fingerprint density at radius 2 is 2.05 bits per heavy atom. The van der Waals surface area contributed by atoms with Gasteiger partial charge in [0.1, 0.15) is 5.60 Å². The summed E-state index contributed by atoms with van der Waals surface area (Å²) < 4.78 is 5.57. The van der Waals surface area contributed by atoms with Gasteiger partial charge in [0, 0.05) is 13.7 Å². The van der Waals surface area contributed by atoms with Gasteiger partial charge in [-0.15, -0.1) is 12.4 Å². The molecule has 0 aromatic heterocycles. The average Bonchev–Trinajstić information content (AvgIpc) is 3.08. The number of carbonyl (C=O) groups excluding carboxylic acids is 1. The highest BCUT2D eigenvalue weighted by Crippen LogP contribution is 2.47. The number of carbonyl (C=O) groups is 1. The number of methoxy groups -OCH3 is 1. The van der Waals surface area contributed by atoms with E-state index < -0.39 is 5.60 Å². The Labute approximate surface area is 127 Å². The highest BCUT2D eigenvalue weighted by molar-refractivity contribution is 5.85. The Balaban J connectivity index is 0.00000147. The van der Waals surface area contributed by atoms with Crippen molar-refractivity contribution in [2.24, 2.45) is 17.8 Å². The van der Waals surface area contributed by atoms with Gasteiger partial charge in [-0.3, -0.25) is 4.79 Å². The van der Waals surface area contributed by atoms with Gasteiger partial charge >= 0.3 is 0 Å². The maximum atomic E-state index is 12.5. The lowest BCUT2D eigenvalue weighted by Gasteiger charge is -2.35. The molecule has 5 heteroatoms. The maximum Gasteiger partial charge on any atom is 0.252 e. The highest BCUT2D eigenvalue weighted by atomic mass is 35.5. The van der Waals surface area contributed by atoms with Crippen molar-refractivity contribution in [2.75, 3.05) is 26.7 Å². The van der Waals surface area contributed by atoms with Gasteiger partial charge in [0.15, 0.2) is 0 Å². The van der Waals surface area contributed by atoms with Crippen LogP contribution in [0.15, 0.2) is 0 Å². The van der Waals surface area contributed by atoms with Crippen LogP contribution in [0.25, 0.3) is 0 Å². The number of ether oxygens (including phenoxy) is 1. The van der Waals surface area contributed by atoms with E-state index in [9.17, 15) is 4.79 Å². The summed E-state index contributed by atoms with van der Waals surface area (Å²) >= 11 is 0. The zero-order valence-electron chi connectivity index (χ0n) is 12.3. The highest BCUT2D eigenvalue weighted by Gasteiger charge is 2.42. The summed E-state index contributed by atoms with van der Waals surface area (Å²) in [6, 6.07) is 0. The summed E-state index contributed by atoms with van der Waals surface area (Å²) in [5.41, 5.74) is -0.580. The Bertz CT molecular complexity index is 345. The third kappa shape index (κ3) is 2.97. The van der Waals surface area contributed by atoms with Crippen molar-refractivity contribution in [3.8, 4) is 0 Å². The number of amides is 1. The summed E-state index contributed by atoms with van der Waals surface area (Å²) in [4.78, 5) is 12.5. The smallest absolute Gasteiger partial charge is 0.252 e. The molecule has 116 valence electrons. The van der Waals surface area contributed by atoms with Crippen molar-refractivity contribution in [1.82, 2.24) is 10.6 Å². The van der Waals surface area contributed by atoms with Gasteiger partial charge in [0.05, 0.1) is 0 Å². The minimum atomic E-state index is -0.580. The molecule has 20 heavy (non-hydrogen) atoms. The van der Waals surface area contributed by atoms with Crippen LogP contribution in [-0.2, 0) is 9.53 Å². The Hall–Kier alpha value is -0.320. The SMILES string of the molecule is COC1(C(=O)NCC2CC3CCC2C3)CCNCC1.Cl. The maximum absolute atomic E-state index is 12.5. The van der Waals surface area contributed by atoms with Crippen LogP contribution in [0.5, 0.6) is 0 Å². The first kappa shape index (κ1) is 16.1. The minimum absolute atomic E-state index is 0. The molecule has 1 aliphatic heterocycles. The molecule has 2 N–H and O–H groups in total. The number of halogens is 1. The van der Waals surface area contributed by atoms with Crippen LogP contribution in [0.2, 0.25) is 0 Å². The van der Waals surface area contributed by atoms with E-state index in [0.717, 1.165) is 50.2 Å². The fourth-order valence-electron chi connectivity index (χ4n) is 4.37. The molecule has 3 atom stereocenters. The Morgan fingerprint density at radius 3 is 2.60 bits per heavy atom. The summed E-state index contributed by atoms with van der Waals surface area (Å²) in [7, 11) is 1.67. The molecule has 0 aromatic rings. The molecule has 1 heterocycles. The predicted molar refractivity (Wildman–Crippen MR) is 81.0 cm³/mol. The molecule has 4 nitrogen and oxygen atoms in total. The second-order valence-electron chi connectivity index (χ2n) is 6.59. The van der Waals surface area contributed by atoms with Crippen molar-refractivity contribution in [3.63, 3.8) is 0 Å². The van der Waals surface area contributed by atoms with E-state index >= 15 is 0 Å². The largest absolute Gasteiger partial charge is 0.368 e. The molecular weight excluding hydrogens is 276 g/mol. The Morgan fingerprint density at radius 1 is 1.30 bits per heavy atom. The lowest BCUT2D eigenvalue weighted by atomic mass is 9.87. The molecular formula is C15H27ClN2O2. The van der Waals surface area contributed by atoms with E-state index in [4.69, 9.17) is 4.74 Å². The van der Waals surface area contributed by atoms with Gasteiger partial charge < -0.3 is 15.4 Å². The van der Waals surface area contributed by atoms with Crippen molar-refractivity contribution >= 4 is 18.3 Å². The normalized spacial score (nSPS) is 34.5. The van der Waals surface area contributed by atoms with Gasteiger partial charge in [-0.25, -0.2) is 0 Å². The number of hydrogen-bond acceptors (Lipinski definition) is 3. The van der Waals surface area contributed by atoms with Crippen LogP contribution in [-0.4, -0.2) is 38.3 Å². The third-order valence-corrected chi connectivity index (χ3v) is 5.63. The quantitative estimate of drug-likeness (QED) is 0.831. The molecule has 1 amide bonds. The number of piperidine rings is 1. The first-order valence-corrected chi connectivity index (χ1v) is 7.78. The topological polar surface area (TPSA) is 50.4 Å². The van der Waals surface area contributed by atoms with Gasteiger partial charge in [0.2, 0.25) is 0 Å². The molecule has 3 unspecified atom stereocenters. The summed E-state index contributed by atoms with van der Waals surface area (Å²) in [6.07, 6.45) is 7.10. The molecule has 2 aliphatic carbocycles. The second kappa shape index (κ2) is 6.63. The van der Waals surface area contributed by atoms with E-state index in [0.29, 0.717) is 0 Å². The molecule has 3 aliphatic rings. The summed E-state index contributed by atoms with van der Waals surface area (Å²) in [5, 5.41) is 6.47. The van der Waals surface area contributed by atoms with Crippen molar-refractivity contribution in [2.45, 2.75) is 44.1 Å². The van der Waals surface area contributed by atoms with Crippen molar-refractivity contribution < 1.29 is 9.53 Å². The molecule has 3 rings (SSSR count). The molecule has 0 spiro atoms. The van der Waals surface area contributed by atoms with E-state index in [-0.39, 0.29) is 18.3 Å². The van der Waals surface area contributed by atoms with E-state index in [2.05, 4.69) is 10.6 Å². The van der Waals surface area contributed by atoms with Crippen LogP contribution >= 0.6 is 12.4 Å². The monoisotopic (exact) mass is 302 g/mol. The first-order valence-electron chi connectivity index (χ1n) is 7.78. The van der Waals surface area contributed by atoms with E-state index in [1.54, 1.807) is 7.11 Å². The number of nitrogens with one attached hydrogen (secondary N) is 2. The zero-order valence-corrected chi connectivity index (χ0v) is 13.1. The second-order valence-corrected chi connectivity index (χ2v) is 6.59. The molecule has 3 fully saturated rings. The molecule has 0 radical (unpaired) electrons. The summed E-state index contributed by atoms with van der Waals surface area (Å²) in [6.45, 7) is 2.60. The zero-order chi connectivity index (χ0) is 13.3. The average molecular weight is 303 g/mol. The van der Waals surface area contributed by atoms with Crippen LogP contribution in [0.1, 0.15) is 38.5 Å². The lowest BCUT2D eigenvalue weighted by Crippen LogP contribution is -2.54. The summed E-state index contributed by atoms with van der Waals surface area (Å²) in [5.74, 6) is 2.65. The molecule has 1 saturated heterocycles. The van der Waals surface area contributed by atoms with Crippen LogP contribution in [0, 0.1) is 17.8 Å². The van der Waals surface area contributed by atoms with Gasteiger partial charge in [-0.2, -0.15) is 0 Å². The van der Waals surface area contributed by atoms with Gasteiger partial charge in [0.25, 0.3) is 5.91 Å². The van der Waals surface area contributed by atoms with Gasteiger partial charge in [-0.1, -0.05) is 6.42 Å². The minimum Gasteiger partial charge on any atom is -0.368 e. The van der Waals surface area contributed by atoms with E-state index in [1.165, 1.54) is 25.7 Å². The Kier molecular flexibility index (Phi) is 5.32. The number of rotatable bonds is 4. The molecule has 0 aromatic carbocycles. The van der Waals surface area contributed by atoms with Gasteiger partial charge in [-0.05, 0) is 62.9 Å². The van der Waals surface area contributed by atoms with Crippen molar-refractivity contribution in [1.29, 1.82) is 0 Å². The standard InChI is InChI=1S/C15H26N2O2.ClH/c1-19-15(4-6-16-7-5-15)14(18)17-10-13-9-11-2-3-12(13)8-11;/h11-13,16H,2-10H2,1H3,(H,17,18);1H. The molecule has 2 saturated carbocycles. The van der Waals surface area contributed by atoms with Crippen LogP contribution < -0.4 is 10.6 Å². The lowest BCUT2D eigenvalue weighted by molar-refractivity contribution is -0.147. The predicted octanol–water partition coefficient (Wildman–Crippen LogP) is 1.73. The first-order chi connectivity index (χ1) is 9.23. The fraction of sp³-hybridized carbons (Fsp3) is 0.933. The number of hydrogen-bond donors (Lipinski definition) is 2. The van der Waals surface area contributed by atoms with Crippen molar-refractivity contribution in [3.05, 3.63) is 0 Å². The van der Waals surface area contributed by atoms with Crippen LogP contribution in [0.4, 0.5) is 0 Å².